The summed E-state index contributed by atoms with van der Waals surface area (Å²) in [4.78, 5) is 31.8. The first kappa shape index (κ1) is 16.1. The molecule has 4 saturated carbocycles. The number of fused-ring (bicyclic) bond motifs is 1. The van der Waals surface area contributed by atoms with Crippen molar-refractivity contribution in [2.24, 2.45) is 23.2 Å². The minimum Gasteiger partial charge on any atom is -0.442 e. The van der Waals surface area contributed by atoms with Crippen LogP contribution in [0.4, 0.5) is 0 Å². The lowest BCUT2D eigenvalue weighted by Gasteiger charge is -2.59. The van der Waals surface area contributed by atoms with Crippen LogP contribution in [0, 0.1) is 30.1 Å². The highest BCUT2D eigenvalue weighted by Crippen LogP contribution is 2.61. The van der Waals surface area contributed by atoms with Crippen LogP contribution in [0.25, 0.3) is 11.1 Å². The molecule has 2 aromatic heterocycles. The standard InChI is InChI=1S/C20H25N3O3/c1-10-15(16-17(24)21-9-22-19(16)26-10)18(25)23-11(2)20-6-12-3-13(7-20)5-14(4-12)8-20/h9,11-14H,3-8H2,1-2H3,(H,23,25)(H,21,22,24)/t11-,12?,13?,14?,20?/m1/s1. The summed E-state index contributed by atoms with van der Waals surface area (Å²) in [6.07, 6.45) is 9.13. The second-order valence-electron chi connectivity index (χ2n) is 8.92. The van der Waals surface area contributed by atoms with Crippen molar-refractivity contribution in [1.82, 2.24) is 15.3 Å². The lowest BCUT2D eigenvalue weighted by molar-refractivity contribution is -0.0688. The molecule has 4 aliphatic carbocycles. The molecule has 4 bridgehead atoms. The molecule has 0 aromatic carbocycles. The van der Waals surface area contributed by atoms with Gasteiger partial charge in [-0.2, -0.15) is 0 Å². The third-order valence-corrected chi connectivity index (χ3v) is 7.25. The van der Waals surface area contributed by atoms with Crippen molar-refractivity contribution in [3.63, 3.8) is 0 Å². The molecular weight excluding hydrogens is 330 g/mol. The van der Waals surface area contributed by atoms with Crippen LogP contribution < -0.4 is 10.9 Å². The average molecular weight is 355 g/mol. The third kappa shape index (κ3) is 2.27. The van der Waals surface area contributed by atoms with Crippen LogP contribution in [0.3, 0.4) is 0 Å². The molecule has 1 amide bonds. The van der Waals surface area contributed by atoms with Crippen molar-refractivity contribution >= 4 is 17.0 Å². The molecule has 4 fully saturated rings. The van der Waals surface area contributed by atoms with Crippen LogP contribution in [-0.2, 0) is 0 Å². The van der Waals surface area contributed by atoms with E-state index in [1.54, 1.807) is 6.92 Å². The zero-order valence-electron chi connectivity index (χ0n) is 15.3. The first-order chi connectivity index (χ1) is 12.4. The van der Waals surface area contributed by atoms with Crippen molar-refractivity contribution < 1.29 is 9.21 Å². The molecular formula is C20H25N3O3. The Morgan fingerprint density at radius 3 is 2.50 bits per heavy atom. The van der Waals surface area contributed by atoms with E-state index in [4.69, 9.17) is 4.42 Å². The van der Waals surface area contributed by atoms with Crippen molar-refractivity contribution in [2.75, 3.05) is 0 Å². The number of rotatable bonds is 3. The summed E-state index contributed by atoms with van der Waals surface area (Å²) in [5.41, 5.74) is 0.437. The molecule has 0 unspecified atom stereocenters. The number of furan rings is 1. The summed E-state index contributed by atoms with van der Waals surface area (Å²) in [5.74, 6) is 2.74. The first-order valence-electron chi connectivity index (χ1n) is 9.73. The molecule has 6 nitrogen and oxygen atoms in total. The Labute approximate surface area is 151 Å². The fraction of sp³-hybridized carbons (Fsp3) is 0.650. The lowest BCUT2D eigenvalue weighted by Crippen LogP contribution is -2.55. The van der Waals surface area contributed by atoms with Crippen LogP contribution in [0.5, 0.6) is 0 Å². The molecule has 2 heterocycles. The topological polar surface area (TPSA) is 88.0 Å². The number of aromatic amines is 1. The van der Waals surface area contributed by atoms with Gasteiger partial charge >= 0.3 is 0 Å². The van der Waals surface area contributed by atoms with Gasteiger partial charge in [-0.1, -0.05) is 0 Å². The van der Waals surface area contributed by atoms with E-state index < -0.39 is 0 Å². The Bertz CT molecular complexity index is 906. The lowest BCUT2D eigenvalue weighted by atomic mass is 9.48. The summed E-state index contributed by atoms with van der Waals surface area (Å²) in [6.45, 7) is 3.86. The van der Waals surface area contributed by atoms with Gasteiger partial charge in [-0.25, -0.2) is 4.98 Å². The summed E-state index contributed by atoms with van der Waals surface area (Å²) in [6, 6.07) is 0.100. The molecule has 2 aromatic rings. The maximum absolute atomic E-state index is 13.0. The van der Waals surface area contributed by atoms with E-state index in [1.165, 1.54) is 44.9 Å². The largest absolute Gasteiger partial charge is 0.442 e. The van der Waals surface area contributed by atoms with Gasteiger partial charge in [0.15, 0.2) is 0 Å². The number of hydrogen-bond donors (Lipinski definition) is 2. The number of nitrogens with zero attached hydrogens (tertiary/aromatic N) is 1. The van der Waals surface area contributed by atoms with Crippen LogP contribution >= 0.6 is 0 Å². The van der Waals surface area contributed by atoms with Gasteiger partial charge in [0.25, 0.3) is 11.5 Å². The van der Waals surface area contributed by atoms with E-state index in [1.807, 2.05) is 0 Å². The smallest absolute Gasteiger partial charge is 0.262 e. The Hall–Kier alpha value is -2.11. The van der Waals surface area contributed by atoms with Gasteiger partial charge in [0, 0.05) is 6.04 Å². The molecule has 0 saturated heterocycles. The second kappa shape index (κ2) is 5.44. The minimum atomic E-state index is -0.334. The normalized spacial score (nSPS) is 33.5. The van der Waals surface area contributed by atoms with Gasteiger partial charge < -0.3 is 14.7 Å². The molecule has 0 aliphatic heterocycles. The molecule has 6 heteroatoms. The monoisotopic (exact) mass is 355 g/mol. The highest BCUT2D eigenvalue weighted by Gasteiger charge is 2.53. The molecule has 26 heavy (non-hydrogen) atoms. The molecule has 1 atom stereocenters. The van der Waals surface area contributed by atoms with E-state index in [9.17, 15) is 9.59 Å². The van der Waals surface area contributed by atoms with Crippen LogP contribution in [-0.4, -0.2) is 21.9 Å². The van der Waals surface area contributed by atoms with Gasteiger partial charge in [0.1, 0.15) is 11.1 Å². The highest BCUT2D eigenvalue weighted by atomic mass is 16.3. The number of amides is 1. The number of H-pyrrole nitrogens is 1. The molecule has 0 spiro atoms. The van der Waals surface area contributed by atoms with Gasteiger partial charge in [-0.3, -0.25) is 9.59 Å². The summed E-state index contributed by atoms with van der Waals surface area (Å²) in [5, 5.41) is 3.47. The quantitative estimate of drug-likeness (QED) is 0.885. The Kier molecular flexibility index (Phi) is 3.37. The second-order valence-corrected chi connectivity index (χ2v) is 8.92. The average Bonchev–Trinajstić information content (AvgIpc) is 2.91. The predicted molar refractivity (Wildman–Crippen MR) is 96.9 cm³/mol. The number of aromatic nitrogens is 2. The van der Waals surface area contributed by atoms with Crippen molar-refractivity contribution in [3.05, 3.63) is 28.0 Å². The van der Waals surface area contributed by atoms with Crippen LogP contribution in [0.15, 0.2) is 15.5 Å². The van der Waals surface area contributed by atoms with Gasteiger partial charge in [-0.15, -0.1) is 0 Å². The zero-order valence-corrected chi connectivity index (χ0v) is 15.3. The zero-order chi connectivity index (χ0) is 18.1. The van der Waals surface area contributed by atoms with Crippen molar-refractivity contribution in [1.29, 1.82) is 0 Å². The number of aryl methyl sites for hydroxylation is 1. The minimum absolute atomic E-state index is 0.100. The highest BCUT2D eigenvalue weighted by molar-refractivity contribution is 6.06. The van der Waals surface area contributed by atoms with E-state index in [-0.39, 0.29) is 34.0 Å². The Morgan fingerprint density at radius 2 is 1.88 bits per heavy atom. The number of nitrogens with one attached hydrogen (secondary N) is 2. The van der Waals surface area contributed by atoms with Gasteiger partial charge in [-0.05, 0) is 75.5 Å². The summed E-state index contributed by atoms with van der Waals surface area (Å²) < 4.78 is 5.54. The molecule has 0 radical (unpaired) electrons. The van der Waals surface area contributed by atoms with E-state index >= 15 is 0 Å². The summed E-state index contributed by atoms with van der Waals surface area (Å²) >= 11 is 0. The Morgan fingerprint density at radius 1 is 1.27 bits per heavy atom. The summed E-state index contributed by atoms with van der Waals surface area (Å²) in [7, 11) is 0. The molecule has 6 rings (SSSR count). The van der Waals surface area contributed by atoms with E-state index in [2.05, 4.69) is 22.2 Å². The van der Waals surface area contributed by atoms with Crippen molar-refractivity contribution in [2.45, 2.75) is 58.4 Å². The van der Waals surface area contributed by atoms with Gasteiger partial charge in [0.2, 0.25) is 5.71 Å². The fourth-order valence-electron chi connectivity index (χ4n) is 6.46. The van der Waals surface area contributed by atoms with Crippen LogP contribution in [0.2, 0.25) is 0 Å². The maximum Gasteiger partial charge on any atom is 0.262 e. The van der Waals surface area contributed by atoms with E-state index in [0.717, 1.165) is 17.8 Å². The maximum atomic E-state index is 13.0. The van der Waals surface area contributed by atoms with E-state index in [0.29, 0.717) is 11.3 Å². The molecule has 4 aliphatic rings. The Balaban J connectivity index is 1.44. The number of hydrogen-bond acceptors (Lipinski definition) is 4. The SMILES string of the molecule is Cc1oc2nc[nH]c(=O)c2c1C(=O)N[C@H](C)C12CC3CC(CC(C3)C1)C2. The first-order valence-corrected chi connectivity index (χ1v) is 9.73. The number of carbonyl (C=O) groups excluding carboxylic acids is 1. The number of carbonyl (C=O) groups is 1. The van der Waals surface area contributed by atoms with Gasteiger partial charge in [0.05, 0.1) is 11.9 Å². The fourth-order valence-corrected chi connectivity index (χ4v) is 6.46. The predicted octanol–water partition coefficient (Wildman–Crippen LogP) is 3.16. The molecule has 138 valence electrons. The third-order valence-electron chi connectivity index (χ3n) is 7.25. The molecule has 2 N–H and O–H groups in total. The van der Waals surface area contributed by atoms with Crippen LogP contribution in [0.1, 0.15) is 61.6 Å². The van der Waals surface area contributed by atoms with Crippen molar-refractivity contribution in [3.8, 4) is 0 Å².